The van der Waals surface area contributed by atoms with Crippen molar-refractivity contribution in [3.05, 3.63) is 0 Å². The number of piperidine rings is 1. The number of carbonyl (C=O) groups is 2. The van der Waals surface area contributed by atoms with Crippen LogP contribution in [-0.2, 0) is 9.59 Å². The number of rotatable bonds is 4. The molecule has 1 aliphatic heterocycles. The molecule has 3 unspecified atom stereocenters. The smallest absolute Gasteiger partial charge is 0.237 e. The van der Waals surface area contributed by atoms with E-state index in [0.717, 1.165) is 19.4 Å². The molecule has 5 heteroatoms. The van der Waals surface area contributed by atoms with Gasteiger partial charge in [0.25, 0.3) is 0 Å². The first-order valence-corrected chi connectivity index (χ1v) is 5.82. The zero-order chi connectivity index (χ0) is 12.1. The van der Waals surface area contributed by atoms with E-state index in [1.54, 1.807) is 6.92 Å². The van der Waals surface area contributed by atoms with Gasteiger partial charge in [0.2, 0.25) is 11.8 Å². The molecule has 4 N–H and O–H groups in total. The van der Waals surface area contributed by atoms with Crippen LogP contribution >= 0.6 is 0 Å². The third-order valence-electron chi connectivity index (χ3n) is 2.95. The van der Waals surface area contributed by atoms with Gasteiger partial charge in [-0.2, -0.15) is 0 Å². The first kappa shape index (κ1) is 13.0. The molecule has 0 aromatic heterocycles. The summed E-state index contributed by atoms with van der Waals surface area (Å²) in [6.45, 7) is 4.73. The van der Waals surface area contributed by atoms with Crippen LogP contribution in [-0.4, -0.2) is 30.4 Å². The van der Waals surface area contributed by atoms with Crippen molar-refractivity contribution in [2.75, 3.05) is 6.54 Å². The summed E-state index contributed by atoms with van der Waals surface area (Å²) in [7, 11) is 0. The van der Waals surface area contributed by atoms with Crippen molar-refractivity contribution in [3.63, 3.8) is 0 Å². The van der Waals surface area contributed by atoms with Crippen LogP contribution in [0.4, 0.5) is 0 Å². The number of primary amides is 1. The number of hydrogen-bond donors (Lipinski definition) is 3. The molecule has 0 bridgehead atoms. The maximum atomic E-state index is 11.9. The van der Waals surface area contributed by atoms with Crippen LogP contribution in [0.2, 0.25) is 0 Å². The van der Waals surface area contributed by atoms with E-state index in [0.29, 0.717) is 5.92 Å². The van der Waals surface area contributed by atoms with Crippen molar-refractivity contribution in [2.45, 2.75) is 45.2 Å². The molecule has 5 nitrogen and oxygen atoms in total. The molecule has 0 aromatic rings. The Morgan fingerprint density at radius 1 is 1.56 bits per heavy atom. The van der Waals surface area contributed by atoms with Crippen molar-refractivity contribution < 1.29 is 9.59 Å². The van der Waals surface area contributed by atoms with Gasteiger partial charge in [0.15, 0.2) is 0 Å². The van der Waals surface area contributed by atoms with E-state index in [4.69, 9.17) is 5.73 Å². The van der Waals surface area contributed by atoms with E-state index in [2.05, 4.69) is 17.6 Å². The molecule has 1 heterocycles. The highest BCUT2D eigenvalue weighted by molar-refractivity contribution is 5.83. The van der Waals surface area contributed by atoms with Crippen LogP contribution in [0.25, 0.3) is 0 Å². The number of nitrogens with one attached hydrogen (secondary N) is 2. The molecule has 1 fully saturated rings. The lowest BCUT2D eigenvalue weighted by Gasteiger charge is -2.29. The molecule has 1 aliphatic rings. The van der Waals surface area contributed by atoms with Crippen molar-refractivity contribution in [2.24, 2.45) is 11.7 Å². The fourth-order valence-corrected chi connectivity index (χ4v) is 2.09. The highest BCUT2D eigenvalue weighted by atomic mass is 16.2. The minimum atomic E-state index is -0.391. The zero-order valence-corrected chi connectivity index (χ0v) is 9.95. The largest absolute Gasteiger partial charge is 0.370 e. The summed E-state index contributed by atoms with van der Waals surface area (Å²) < 4.78 is 0. The van der Waals surface area contributed by atoms with Crippen LogP contribution in [0.5, 0.6) is 0 Å². The van der Waals surface area contributed by atoms with Gasteiger partial charge in [-0.25, -0.2) is 0 Å². The Bertz CT molecular complexity index is 268. The van der Waals surface area contributed by atoms with E-state index in [-0.39, 0.29) is 24.4 Å². The van der Waals surface area contributed by atoms with Gasteiger partial charge in [-0.05, 0) is 32.2 Å². The summed E-state index contributed by atoms with van der Waals surface area (Å²) in [6.07, 6.45) is 2.36. The quantitative estimate of drug-likeness (QED) is 0.619. The molecule has 0 aliphatic carbocycles. The van der Waals surface area contributed by atoms with Gasteiger partial charge in [0, 0.05) is 12.5 Å². The zero-order valence-electron chi connectivity index (χ0n) is 9.95. The monoisotopic (exact) mass is 227 g/mol. The van der Waals surface area contributed by atoms with Crippen molar-refractivity contribution in [1.82, 2.24) is 10.6 Å². The Hall–Kier alpha value is -1.10. The molecule has 92 valence electrons. The number of amides is 2. The Labute approximate surface area is 96.1 Å². The Balaban J connectivity index is 2.41. The summed E-state index contributed by atoms with van der Waals surface area (Å²) in [5.74, 6) is -0.0760. The summed E-state index contributed by atoms with van der Waals surface area (Å²) >= 11 is 0. The third kappa shape index (κ3) is 3.81. The molecule has 0 saturated carbocycles. The SMILES string of the molecule is CC(CC(N)=O)NC(=O)C1NCCCC1C. The maximum absolute atomic E-state index is 11.9. The molecule has 16 heavy (non-hydrogen) atoms. The summed E-state index contributed by atoms with van der Waals surface area (Å²) in [6, 6.07) is -0.329. The fraction of sp³-hybridized carbons (Fsp3) is 0.818. The molecular formula is C11H21N3O2. The Morgan fingerprint density at radius 2 is 2.25 bits per heavy atom. The third-order valence-corrected chi connectivity index (χ3v) is 2.95. The van der Waals surface area contributed by atoms with Crippen LogP contribution in [0.1, 0.15) is 33.1 Å². The van der Waals surface area contributed by atoms with Crippen molar-refractivity contribution in [3.8, 4) is 0 Å². The van der Waals surface area contributed by atoms with Gasteiger partial charge in [-0.1, -0.05) is 6.92 Å². The second-order valence-electron chi connectivity index (χ2n) is 4.63. The normalized spacial score (nSPS) is 27.1. The Morgan fingerprint density at radius 3 is 2.81 bits per heavy atom. The maximum Gasteiger partial charge on any atom is 0.237 e. The average molecular weight is 227 g/mol. The molecule has 2 amide bonds. The van der Waals surface area contributed by atoms with E-state index < -0.39 is 5.91 Å². The molecular weight excluding hydrogens is 206 g/mol. The minimum absolute atomic E-state index is 0.0269. The first-order chi connectivity index (χ1) is 7.50. The van der Waals surface area contributed by atoms with Gasteiger partial charge < -0.3 is 16.4 Å². The lowest BCUT2D eigenvalue weighted by molar-refractivity contribution is -0.125. The van der Waals surface area contributed by atoms with Crippen molar-refractivity contribution in [1.29, 1.82) is 0 Å². The second kappa shape index (κ2) is 5.84. The number of nitrogens with two attached hydrogens (primary N) is 1. The lowest BCUT2D eigenvalue weighted by Crippen LogP contribution is -2.53. The molecule has 1 rings (SSSR count). The summed E-state index contributed by atoms with van der Waals surface area (Å²) in [4.78, 5) is 22.6. The van der Waals surface area contributed by atoms with Crippen molar-refractivity contribution >= 4 is 11.8 Å². The molecule has 3 atom stereocenters. The number of carbonyl (C=O) groups excluding carboxylic acids is 2. The minimum Gasteiger partial charge on any atom is -0.370 e. The fourth-order valence-electron chi connectivity index (χ4n) is 2.09. The van der Waals surface area contributed by atoms with Crippen LogP contribution in [0.15, 0.2) is 0 Å². The average Bonchev–Trinajstić information content (AvgIpc) is 2.16. The van der Waals surface area contributed by atoms with E-state index in [9.17, 15) is 9.59 Å². The van der Waals surface area contributed by atoms with Gasteiger partial charge in [-0.3, -0.25) is 9.59 Å². The molecule has 0 aromatic carbocycles. The van der Waals surface area contributed by atoms with Crippen LogP contribution < -0.4 is 16.4 Å². The summed E-state index contributed by atoms with van der Waals surface area (Å²) in [5.41, 5.74) is 5.07. The predicted molar refractivity (Wildman–Crippen MR) is 61.6 cm³/mol. The van der Waals surface area contributed by atoms with Crippen LogP contribution in [0, 0.1) is 5.92 Å². The van der Waals surface area contributed by atoms with E-state index in [1.807, 2.05) is 0 Å². The highest BCUT2D eigenvalue weighted by Gasteiger charge is 2.28. The predicted octanol–water partition coefficient (Wildman–Crippen LogP) is -0.245. The van der Waals surface area contributed by atoms with Gasteiger partial charge in [-0.15, -0.1) is 0 Å². The summed E-state index contributed by atoms with van der Waals surface area (Å²) in [5, 5.41) is 6.01. The molecule has 0 radical (unpaired) electrons. The van der Waals surface area contributed by atoms with E-state index in [1.165, 1.54) is 0 Å². The second-order valence-corrected chi connectivity index (χ2v) is 4.63. The standard InChI is InChI=1S/C11H21N3O2/c1-7-4-3-5-13-10(7)11(16)14-8(2)6-9(12)15/h7-8,10,13H,3-6H2,1-2H3,(H2,12,15)(H,14,16). The first-order valence-electron chi connectivity index (χ1n) is 5.82. The molecule has 0 spiro atoms. The van der Waals surface area contributed by atoms with Gasteiger partial charge in [0.05, 0.1) is 6.04 Å². The number of hydrogen-bond acceptors (Lipinski definition) is 3. The Kier molecular flexibility index (Phi) is 4.73. The topological polar surface area (TPSA) is 84.2 Å². The van der Waals surface area contributed by atoms with Gasteiger partial charge in [0.1, 0.15) is 0 Å². The highest BCUT2D eigenvalue weighted by Crippen LogP contribution is 2.15. The van der Waals surface area contributed by atoms with E-state index >= 15 is 0 Å². The molecule has 1 saturated heterocycles. The van der Waals surface area contributed by atoms with Gasteiger partial charge >= 0.3 is 0 Å². The van der Waals surface area contributed by atoms with Crippen LogP contribution in [0.3, 0.4) is 0 Å². The lowest BCUT2D eigenvalue weighted by atomic mass is 9.92.